The van der Waals surface area contributed by atoms with E-state index in [4.69, 9.17) is 10.5 Å². The number of nitrogens with zero attached hydrogens (tertiary/aromatic N) is 4. The van der Waals surface area contributed by atoms with Gasteiger partial charge in [0.1, 0.15) is 29.1 Å². The summed E-state index contributed by atoms with van der Waals surface area (Å²) in [6, 6.07) is 12.3. The molecule has 0 bridgehead atoms. The molecule has 0 radical (unpaired) electrons. The number of amides is 2. The molecule has 2 amide bonds. The smallest absolute Gasteiger partial charge is 0.270 e. The average Bonchev–Trinajstić information content (AvgIpc) is 3.34. The highest BCUT2D eigenvalue weighted by atomic mass is 19.3. The van der Waals surface area contributed by atoms with Crippen molar-refractivity contribution >= 4 is 17.6 Å². The van der Waals surface area contributed by atoms with Crippen molar-refractivity contribution < 1.29 is 23.1 Å². The van der Waals surface area contributed by atoms with Crippen molar-refractivity contribution in [3.8, 4) is 22.9 Å². The van der Waals surface area contributed by atoms with E-state index in [1.54, 1.807) is 30.3 Å². The van der Waals surface area contributed by atoms with Crippen molar-refractivity contribution in [2.45, 2.75) is 31.9 Å². The molecule has 2 aliphatic heterocycles. The summed E-state index contributed by atoms with van der Waals surface area (Å²) in [4.78, 5) is 37.1. The molecule has 2 fully saturated rings. The number of benzene rings is 2. The number of aromatic nitrogens is 2. The number of hydrogen-bond donors (Lipinski definition) is 3. The summed E-state index contributed by atoms with van der Waals surface area (Å²) < 4.78 is 34.4. The van der Waals surface area contributed by atoms with Crippen molar-refractivity contribution in [2.24, 2.45) is 5.73 Å². The number of likely N-dealkylation sites (N-methyl/N-ethyl adjacent to an activating group) is 1. The van der Waals surface area contributed by atoms with Gasteiger partial charge in [0.15, 0.2) is 5.82 Å². The summed E-state index contributed by atoms with van der Waals surface area (Å²) in [6.07, 6.45) is 0.587. The van der Waals surface area contributed by atoms with Crippen molar-refractivity contribution in [3.05, 3.63) is 65.4 Å². The first kappa shape index (κ1) is 28.4. The maximum absolute atomic E-state index is 14.1. The van der Waals surface area contributed by atoms with Crippen molar-refractivity contribution in [1.29, 1.82) is 0 Å². The van der Waals surface area contributed by atoms with Gasteiger partial charge >= 0.3 is 0 Å². The lowest BCUT2D eigenvalue weighted by Gasteiger charge is -2.32. The molecule has 41 heavy (non-hydrogen) atoms. The van der Waals surface area contributed by atoms with E-state index in [2.05, 4.69) is 37.4 Å². The molecule has 3 aromatic rings. The Labute approximate surface area is 236 Å². The molecule has 12 heteroatoms. The maximum atomic E-state index is 14.1. The maximum Gasteiger partial charge on any atom is 0.270 e. The third kappa shape index (κ3) is 6.95. The normalized spacial score (nSPS) is 18.2. The summed E-state index contributed by atoms with van der Waals surface area (Å²) >= 11 is 0. The summed E-state index contributed by atoms with van der Waals surface area (Å²) in [6.45, 7) is 5.43. The number of alkyl halides is 2. The average molecular weight is 566 g/mol. The zero-order chi connectivity index (χ0) is 29.1. The molecule has 1 atom stereocenters. The second kappa shape index (κ2) is 11.8. The number of carbonyl (C=O) groups is 2. The summed E-state index contributed by atoms with van der Waals surface area (Å²) in [5.41, 5.74) is 6.72. The number of ether oxygens (including phenoxy) is 1. The van der Waals surface area contributed by atoms with E-state index in [0.29, 0.717) is 48.0 Å². The molecule has 5 rings (SSSR count). The van der Waals surface area contributed by atoms with Crippen LogP contribution in [0, 0.1) is 0 Å². The molecule has 0 saturated carbocycles. The second-order valence-electron chi connectivity index (χ2n) is 10.5. The van der Waals surface area contributed by atoms with Crippen LogP contribution in [0.15, 0.2) is 48.5 Å². The van der Waals surface area contributed by atoms with Crippen LogP contribution >= 0.6 is 0 Å². The van der Waals surface area contributed by atoms with Crippen LogP contribution in [0.2, 0.25) is 0 Å². The van der Waals surface area contributed by atoms with Crippen LogP contribution in [0.4, 0.5) is 14.6 Å². The van der Waals surface area contributed by atoms with Crippen LogP contribution in [0.25, 0.3) is 11.4 Å². The van der Waals surface area contributed by atoms with E-state index in [0.717, 1.165) is 33.1 Å². The highest BCUT2D eigenvalue weighted by Gasteiger charge is 2.27. The minimum absolute atomic E-state index is 0.0117. The van der Waals surface area contributed by atoms with Gasteiger partial charge in [0.05, 0.1) is 0 Å². The molecular weight excluding hydrogens is 532 g/mol. The van der Waals surface area contributed by atoms with E-state index in [-0.39, 0.29) is 23.0 Å². The molecule has 2 saturated heterocycles. The third-order valence-corrected chi connectivity index (χ3v) is 7.25. The van der Waals surface area contributed by atoms with Gasteiger partial charge in [-0.2, -0.15) is 0 Å². The fourth-order valence-electron chi connectivity index (χ4n) is 4.81. The Hall–Kier alpha value is -4.16. The molecule has 4 N–H and O–H groups in total. The topological polar surface area (TPSA) is 126 Å². The van der Waals surface area contributed by atoms with Gasteiger partial charge < -0.3 is 26.0 Å². The van der Waals surface area contributed by atoms with Gasteiger partial charge in [0, 0.05) is 68.9 Å². The van der Waals surface area contributed by atoms with Gasteiger partial charge in [0.2, 0.25) is 5.91 Å². The molecule has 2 aliphatic rings. The third-order valence-electron chi connectivity index (χ3n) is 7.25. The zero-order valence-electron chi connectivity index (χ0n) is 23.0. The van der Waals surface area contributed by atoms with Crippen LogP contribution in [0.3, 0.4) is 0 Å². The summed E-state index contributed by atoms with van der Waals surface area (Å²) in [5.74, 6) is -2.27. The minimum Gasteiger partial charge on any atom is -0.457 e. The molecule has 0 aliphatic carbocycles. The Morgan fingerprint density at radius 3 is 2.49 bits per heavy atom. The van der Waals surface area contributed by atoms with Gasteiger partial charge in [-0.15, -0.1) is 0 Å². The number of halogens is 2. The Morgan fingerprint density at radius 1 is 1.12 bits per heavy atom. The lowest BCUT2D eigenvalue weighted by atomic mass is 10.0. The molecule has 3 heterocycles. The minimum atomic E-state index is -2.97. The Bertz CT molecular complexity index is 1420. The molecular formula is C29H33F2N7O3. The fourth-order valence-corrected chi connectivity index (χ4v) is 4.81. The standard InChI is InChI=1S/C29H33F2N7O3/c1-29(30,31)20-5-8-24(19(15-20)17-38-13-11-37(2)12-14-38)41-21-6-3-18(4-7-21)27-35-23(26(32)39)16-25(36-27)34-22-9-10-33-28(22)40/h3-8,15-16,22H,9-14,17H2,1-2H3,(H2,32,39)(H,33,40)(H,34,35,36)/t22-/m0/s1. The Balaban J connectivity index is 1.37. The van der Waals surface area contributed by atoms with Gasteiger partial charge in [-0.05, 0) is 55.9 Å². The van der Waals surface area contributed by atoms with Gasteiger partial charge in [-0.3, -0.25) is 14.5 Å². The van der Waals surface area contributed by atoms with E-state index >= 15 is 0 Å². The van der Waals surface area contributed by atoms with E-state index in [9.17, 15) is 18.4 Å². The predicted molar refractivity (Wildman–Crippen MR) is 150 cm³/mol. The number of carbonyl (C=O) groups excluding carboxylic acids is 2. The van der Waals surface area contributed by atoms with Crippen LogP contribution in [0.1, 0.15) is 35.0 Å². The monoisotopic (exact) mass is 565 g/mol. The van der Waals surface area contributed by atoms with Crippen LogP contribution < -0.4 is 21.1 Å². The number of nitrogens with one attached hydrogen (secondary N) is 2. The fraction of sp³-hybridized carbons (Fsp3) is 0.379. The van der Waals surface area contributed by atoms with Gasteiger partial charge in [0.25, 0.3) is 11.8 Å². The van der Waals surface area contributed by atoms with Crippen LogP contribution in [-0.4, -0.2) is 77.4 Å². The lowest BCUT2D eigenvalue weighted by molar-refractivity contribution is -0.119. The van der Waals surface area contributed by atoms with E-state index < -0.39 is 17.9 Å². The number of primary amides is 1. The van der Waals surface area contributed by atoms with Crippen molar-refractivity contribution in [2.75, 3.05) is 45.1 Å². The lowest BCUT2D eigenvalue weighted by Crippen LogP contribution is -2.43. The van der Waals surface area contributed by atoms with E-state index in [1.165, 1.54) is 18.2 Å². The van der Waals surface area contributed by atoms with Crippen LogP contribution in [-0.2, 0) is 17.3 Å². The summed E-state index contributed by atoms with van der Waals surface area (Å²) in [7, 11) is 2.06. The first-order valence-electron chi connectivity index (χ1n) is 13.5. The highest BCUT2D eigenvalue weighted by Crippen LogP contribution is 2.34. The number of hydrogen-bond acceptors (Lipinski definition) is 8. The SMILES string of the molecule is CN1CCN(Cc2cc(C(C)(F)F)ccc2Oc2ccc(-c3nc(N[C@H]4CCNC4=O)cc(C(N)=O)n3)cc2)CC1. The van der Waals surface area contributed by atoms with E-state index in [1.807, 2.05) is 0 Å². The summed E-state index contributed by atoms with van der Waals surface area (Å²) in [5, 5.41) is 5.79. The second-order valence-corrected chi connectivity index (χ2v) is 10.5. The molecule has 0 unspecified atom stereocenters. The number of nitrogens with two attached hydrogens (primary N) is 1. The Kier molecular flexibility index (Phi) is 8.13. The quantitative estimate of drug-likeness (QED) is 0.361. The van der Waals surface area contributed by atoms with Crippen LogP contribution in [0.5, 0.6) is 11.5 Å². The molecule has 0 spiro atoms. The Morgan fingerprint density at radius 2 is 1.85 bits per heavy atom. The van der Waals surface area contributed by atoms with Crippen molar-refractivity contribution in [1.82, 2.24) is 25.1 Å². The molecule has 216 valence electrons. The first-order chi connectivity index (χ1) is 19.5. The number of anilines is 1. The predicted octanol–water partition coefficient (Wildman–Crippen LogP) is 3.19. The first-order valence-corrected chi connectivity index (χ1v) is 13.5. The van der Waals surface area contributed by atoms with Crippen molar-refractivity contribution in [3.63, 3.8) is 0 Å². The number of piperazine rings is 1. The largest absolute Gasteiger partial charge is 0.457 e. The number of rotatable bonds is 9. The molecule has 10 nitrogen and oxygen atoms in total. The zero-order valence-corrected chi connectivity index (χ0v) is 23.0. The molecule has 2 aromatic carbocycles. The van der Waals surface area contributed by atoms with Gasteiger partial charge in [-0.25, -0.2) is 18.7 Å². The molecule has 1 aromatic heterocycles. The van der Waals surface area contributed by atoms with Gasteiger partial charge in [-0.1, -0.05) is 0 Å². The highest BCUT2D eigenvalue weighted by molar-refractivity contribution is 5.92.